The van der Waals surface area contributed by atoms with Gasteiger partial charge in [-0.05, 0) is 24.8 Å². The Labute approximate surface area is 176 Å². The molecular weight excluding hydrogens is 384 g/mol. The minimum absolute atomic E-state index is 0.0198. The van der Waals surface area contributed by atoms with Gasteiger partial charge in [-0.1, -0.05) is 56.5 Å². The third-order valence-electron chi connectivity index (χ3n) is 5.40. The lowest BCUT2D eigenvalue weighted by Gasteiger charge is -2.36. The van der Waals surface area contributed by atoms with Gasteiger partial charge >= 0.3 is 0 Å². The van der Waals surface area contributed by atoms with E-state index in [9.17, 15) is 9.59 Å². The molecule has 29 heavy (non-hydrogen) atoms. The van der Waals surface area contributed by atoms with Crippen LogP contribution in [0.15, 0.2) is 41.9 Å². The van der Waals surface area contributed by atoms with E-state index in [2.05, 4.69) is 20.9 Å². The minimum Gasteiger partial charge on any atom is -0.355 e. The van der Waals surface area contributed by atoms with Crippen molar-refractivity contribution in [2.45, 2.75) is 57.0 Å². The molecule has 156 valence electrons. The van der Waals surface area contributed by atoms with Gasteiger partial charge in [0.1, 0.15) is 11.0 Å². The van der Waals surface area contributed by atoms with Gasteiger partial charge in [0, 0.05) is 18.1 Å². The van der Waals surface area contributed by atoms with Crippen LogP contribution in [-0.4, -0.2) is 35.4 Å². The van der Waals surface area contributed by atoms with Crippen molar-refractivity contribution in [3.63, 3.8) is 0 Å². The van der Waals surface area contributed by atoms with Crippen molar-refractivity contribution in [2.24, 2.45) is 0 Å². The highest BCUT2D eigenvalue weighted by Crippen LogP contribution is 2.28. The van der Waals surface area contributed by atoms with Crippen LogP contribution >= 0.6 is 11.3 Å². The second-order valence-electron chi connectivity index (χ2n) is 7.53. The van der Waals surface area contributed by atoms with Gasteiger partial charge in [0.05, 0.1) is 12.1 Å². The fraction of sp³-hybridized carbons (Fsp3) is 0.500. The number of benzene rings is 1. The van der Waals surface area contributed by atoms with E-state index >= 15 is 0 Å². The van der Waals surface area contributed by atoms with E-state index in [1.165, 1.54) is 11.3 Å². The van der Waals surface area contributed by atoms with Gasteiger partial charge in [0.25, 0.3) is 0 Å². The van der Waals surface area contributed by atoms with Crippen molar-refractivity contribution in [1.29, 1.82) is 0 Å². The third kappa shape index (κ3) is 5.64. The predicted octanol–water partition coefficient (Wildman–Crippen LogP) is 3.17. The summed E-state index contributed by atoms with van der Waals surface area (Å²) in [6.45, 7) is 2.81. The van der Waals surface area contributed by atoms with E-state index in [0.29, 0.717) is 6.54 Å². The van der Waals surface area contributed by atoms with Crippen LogP contribution in [-0.2, 0) is 9.59 Å². The van der Waals surface area contributed by atoms with Crippen LogP contribution < -0.4 is 16.0 Å². The van der Waals surface area contributed by atoms with E-state index in [-0.39, 0.29) is 24.4 Å². The number of aromatic nitrogens is 1. The molecule has 0 radical (unpaired) electrons. The summed E-state index contributed by atoms with van der Waals surface area (Å²) in [5, 5.41) is 12.2. The Hall–Kier alpha value is -2.25. The Kier molecular flexibility index (Phi) is 7.77. The quantitative estimate of drug-likeness (QED) is 0.589. The SMILES string of the molecule is CCCNC(=O)C1(NCC(=O)N[C@H](c2ccccc2)c2nccs2)CCCCC1. The van der Waals surface area contributed by atoms with Crippen LogP contribution in [0, 0.1) is 0 Å². The van der Waals surface area contributed by atoms with Crippen molar-refractivity contribution < 1.29 is 9.59 Å². The molecule has 1 aromatic heterocycles. The zero-order valence-electron chi connectivity index (χ0n) is 16.9. The average Bonchev–Trinajstić information content (AvgIpc) is 3.30. The largest absolute Gasteiger partial charge is 0.355 e. The fourth-order valence-corrected chi connectivity index (χ4v) is 4.53. The molecule has 1 fully saturated rings. The molecule has 1 aromatic carbocycles. The normalized spacial score (nSPS) is 16.7. The van der Waals surface area contributed by atoms with Gasteiger partial charge < -0.3 is 10.6 Å². The molecule has 6 nitrogen and oxygen atoms in total. The molecule has 2 amide bonds. The van der Waals surface area contributed by atoms with Gasteiger partial charge in [-0.15, -0.1) is 11.3 Å². The predicted molar refractivity (Wildman–Crippen MR) is 116 cm³/mol. The third-order valence-corrected chi connectivity index (χ3v) is 6.24. The van der Waals surface area contributed by atoms with Gasteiger partial charge in [-0.3, -0.25) is 14.9 Å². The first kappa shape index (κ1) is 21.5. The monoisotopic (exact) mass is 414 g/mol. The van der Waals surface area contributed by atoms with Gasteiger partial charge in [0.15, 0.2) is 0 Å². The van der Waals surface area contributed by atoms with Crippen LogP contribution in [0.5, 0.6) is 0 Å². The Bertz CT molecular complexity index is 773. The molecule has 3 N–H and O–H groups in total. The second-order valence-corrected chi connectivity index (χ2v) is 8.46. The number of amides is 2. The second kappa shape index (κ2) is 10.5. The van der Waals surface area contributed by atoms with Crippen LogP contribution in [0.25, 0.3) is 0 Å². The topological polar surface area (TPSA) is 83.1 Å². The summed E-state index contributed by atoms with van der Waals surface area (Å²) in [7, 11) is 0. The van der Waals surface area contributed by atoms with Gasteiger partial charge in [0.2, 0.25) is 11.8 Å². The maximum Gasteiger partial charge on any atom is 0.240 e. The highest BCUT2D eigenvalue weighted by Gasteiger charge is 2.39. The van der Waals surface area contributed by atoms with E-state index in [1.54, 1.807) is 6.20 Å². The fourth-order valence-electron chi connectivity index (χ4n) is 3.82. The van der Waals surface area contributed by atoms with Crippen molar-refractivity contribution in [3.8, 4) is 0 Å². The molecule has 1 heterocycles. The van der Waals surface area contributed by atoms with Crippen LogP contribution in [0.4, 0.5) is 0 Å². The molecule has 0 saturated heterocycles. The number of carbonyl (C=O) groups excluding carboxylic acids is 2. The highest BCUT2D eigenvalue weighted by molar-refractivity contribution is 7.09. The molecule has 1 aliphatic rings. The number of thiazole rings is 1. The molecule has 1 aliphatic carbocycles. The molecule has 2 aromatic rings. The summed E-state index contributed by atoms with van der Waals surface area (Å²) in [6.07, 6.45) is 7.32. The maximum absolute atomic E-state index is 12.8. The number of hydrogen-bond donors (Lipinski definition) is 3. The number of nitrogens with zero attached hydrogens (tertiary/aromatic N) is 1. The van der Waals surface area contributed by atoms with Crippen molar-refractivity contribution in [2.75, 3.05) is 13.1 Å². The Morgan fingerprint density at radius 2 is 1.93 bits per heavy atom. The number of carbonyl (C=O) groups is 2. The maximum atomic E-state index is 12.8. The Morgan fingerprint density at radius 1 is 1.17 bits per heavy atom. The molecule has 0 spiro atoms. The summed E-state index contributed by atoms with van der Waals surface area (Å²) in [5.74, 6) is -0.117. The lowest BCUT2D eigenvalue weighted by Crippen LogP contribution is -2.59. The molecule has 0 unspecified atom stereocenters. The van der Waals surface area contributed by atoms with Crippen LogP contribution in [0.1, 0.15) is 62.1 Å². The molecule has 7 heteroatoms. The summed E-state index contributed by atoms with van der Waals surface area (Å²) >= 11 is 1.52. The summed E-state index contributed by atoms with van der Waals surface area (Å²) < 4.78 is 0. The first-order valence-corrected chi connectivity index (χ1v) is 11.3. The summed E-state index contributed by atoms with van der Waals surface area (Å²) in [6, 6.07) is 9.54. The van der Waals surface area contributed by atoms with Gasteiger partial charge in [-0.25, -0.2) is 4.98 Å². The minimum atomic E-state index is -0.645. The number of hydrogen-bond acceptors (Lipinski definition) is 5. The highest BCUT2D eigenvalue weighted by atomic mass is 32.1. The molecular formula is C22H30N4O2S. The summed E-state index contributed by atoms with van der Waals surface area (Å²) in [4.78, 5) is 30.0. The first-order valence-electron chi connectivity index (χ1n) is 10.4. The number of rotatable bonds is 9. The lowest BCUT2D eigenvalue weighted by molar-refractivity contribution is -0.129. The van der Waals surface area contributed by atoms with E-state index < -0.39 is 5.54 Å². The van der Waals surface area contributed by atoms with Gasteiger partial charge in [-0.2, -0.15) is 0 Å². The Balaban J connectivity index is 1.66. The van der Waals surface area contributed by atoms with E-state index in [1.807, 2.05) is 42.6 Å². The molecule has 0 bridgehead atoms. The smallest absolute Gasteiger partial charge is 0.240 e. The van der Waals surface area contributed by atoms with Crippen LogP contribution in [0.2, 0.25) is 0 Å². The van der Waals surface area contributed by atoms with E-state index in [0.717, 1.165) is 49.1 Å². The molecule has 0 aliphatic heterocycles. The average molecular weight is 415 g/mol. The molecule has 1 saturated carbocycles. The Morgan fingerprint density at radius 3 is 2.59 bits per heavy atom. The molecule has 3 rings (SSSR count). The van der Waals surface area contributed by atoms with E-state index in [4.69, 9.17) is 0 Å². The lowest BCUT2D eigenvalue weighted by atomic mass is 9.80. The standard InChI is InChI=1S/C22H30N4O2S/c1-2-13-24-21(28)22(11-7-4-8-12-22)25-16-18(27)26-19(20-23-14-15-29-20)17-9-5-3-6-10-17/h3,5-6,9-10,14-15,19,25H,2,4,7-8,11-13,16H2,1H3,(H,24,28)(H,26,27)/t19-/m1/s1. The van der Waals surface area contributed by atoms with Crippen molar-refractivity contribution in [1.82, 2.24) is 20.9 Å². The summed E-state index contributed by atoms with van der Waals surface area (Å²) in [5.41, 5.74) is 0.345. The zero-order valence-corrected chi connectivity index (χ0v) is 17.8. The molecule has 1 atom stereocenters. The van der Waals surface area contributed by atoms with Crippen molar-refractivity contribution >= 4 is 23.2 Å². The first-order chi connectivity index (χ1) is 14.1. The van der Waals surface area contributed by atoms with Crippen molar-refractivity contribution in [3.05, 3.63) is 52.5 Å². The number of nitrogens with one attached hydrogen (secondary N) is 3. The zero-order chi connectivity index (χ0) is 20.5. The van der Waals surface area contributed by atoms with Crippen LogP contribution in [0.3, 0.4) is 0 Å².